The first kappa shape index (κ1) is 19.3. The van der Waals surface area contributed by atoms with Gasteiger partial charge in [0.1, 0.15) is 5.75 Å². The lowest BCUT2D eigenvalue weighted by molar-refractivity contribution is -0.127. The SMILES string of the molecule is C[C@H](Oc1ccc(Cl)cc1Cl)C(=O)NNC(=S)NCc1ccccc1. The Labute approximate surface area is 161 Å². The smallest absolute Gasteiger partial charge is 0.279 e. The zero-order valence-electron chi connectivity index (χ0n) is 13.4. The molecule has 0 aliphatic carbocycles. The molecule has 0 unspecified atom stereocenters. The van der Waals surface area contributed by atoms with Crippen molar-refractivity contribution in [1.29, 1.82) is 0 Å². The van der Waals surface area contributed by atoms with Crippen molar-refractivity contribution in [3.05, 3.63) is 64.1 Å². The van der Waals surface area contributed by atoms with Crippen LogP contribution in [-0.4, -0.2) is 17.1 Å². The van der Waals surface area contributed by atoms with Crippen molar-refractivity contribution in [3.8, 4) is 5.75 Å². The fourth-order valence-electron chi connectivity index (χ4n) is 1.86. The molecule has 0 spiro atoms. The number of amides is 1. The van der Waals surface area contributed by atoms with Gasteiger partial charge in [-0.25, -0.2) is 0 Å². The number of benzene rings is 2. The molecule has 1 atom stereocenters. The van der Waals surface area contributed by atoms with E-state index in [0.29, 0.717) is 27.5 Å². The summed E-state index contributed by atoms with van der Waals surface area (Å²) >= 11 is 17.0. The normalized spacial score (nSPS) is 11.3. The quantitative estimate of drug-likeness (QED) is 0.532. The van der Waals surface area contributed by atoms with Crippen LogP contribution in [0.2, 0.25) is 10.0 Å². The highest BCUT2D eigenvalue weighted by molar-refractivity contribution is 7.80. The topological polar surface area (TPSA) is 62.4 Å². The van der Waals surface area contributed by atoms with Gasteiger partial charge in [-0.15, -0.1) is 0 Å². The van der Waals surface area contributed by atoms with Crippen molar-refractivity contribution in [2.45, 2.75) is 19.6 Å². The maximum Gasteiger partial charge on any atom is 0.279 e. The van der Waals surface area contributed by atoms with Crippen LogP contribution in [-0.2, 0) is 11.3 Å². The third-order valence-electron chi connectivity index (χ3n) is 3.16. The van der Waals surface area contributed by atoms with Crippen LogP contribution in [0.1, 0.15) is 12.5 Å². The highest BCUT2D eigenvalue weighted by Crippen LogP contribution is 2.28. The Balaban J connectivity index is 1.76. The Kier molecular flexibility index (Phi) is 7.31. The van der Waals surface area contributed by atoms with Crippen LogP contribution in [0.4, 0.5) is 0 Å². The number of hydrogen-bond acceptors (Lipinski definition) is 3. The van der Waals surface area contributed by atoms with Gasteiger partial charge in [0, 0.05) is 11.6 Å². The molecule has 0 saturated heterocycles. The molecular weight excluding hydrogens is 381 g/mol. The van der Waals surface area contributed by atoms with Gasteiger partial charge in [-0.1, -0.05) is 53.5 Å². The van der Waals surface area contributed by atoms with Crippen LogP contribution in [0, 0.1) is 0 Å². The summed E-state index contributed by atoms with van der Waals surface area (Å²) in [6.45, 7) is 2.15. The summed E-state index contributed by atoms with van der Waals surface area (Å²) in [5, 5.41) is 4.11. The van der Waals surface area contributed by atoms with Crippen molar-refractivity contribution >= 4 is 46.4 Å². The van der Waals surface area contributed by atoms with E-state index in [4.69, 9.17) is 40.2 Å². The molecule has 8 heteroatoms. The van der Waals surface area contributed by atoms with Gasteiger partial charge in [0.2, 0.25) is 0 Å². The van der Waals surface area contributed by atoms with Crippen LogP contribution >= 0.6 is 35.4 Å². The standard InChI is InChI=1S/C17H17Cl2N3O2S/c1-11(24-15-8-7-13(18)9-14(15)19)16(23)21-22-17(25)20-10-12-5-3-2-4-6-12/h2-9,11H,10H2,1H3,(H,21,23)(H2,20,22,25)/t11-/m0/s1. The molecule has 2 aromatic carbocycles. The second-order valence-corrected chi connectivity index (χ2v) is 6.37. The van der Waals surface area contributed by atoms with Gasteiger partial charge in [-0.3, -0.25) is 15.6 Å². The lowest BCUT2D eigenvalue weighted by Gasteiger charge is -2.17. The van der Waals surface area contributed by atoms with Gasteiger partial charge in [0.25, 0.3) is 5.91 Å². The van der Waals surface area contributed by atoms with Crippen LogP contribution in [0.15, 0.2) is 48.5 Å². The highest BCUT2D eigenvalue weighted by atomic mass is 35.5. The molecule has 25 heavy (non-hydrogen) atoms. The number of carbonyl (C=O) groups is 1. The predicted octanol–water partition coefficient (Wildman–Crippen LogP) is 3.46. The first-order chi connectivity index (χ1) is 12.0. The number of carbonyl (C=O) groups excluding carboxylic acids is 1. The zero-order valence-corrected chi connectivity index (χ0v) is 15.7. The summed E-state index contributed by atoms with van der Waals surface area (Å²) in [7, 11) is 0. The Morgan fingerprint density at radius 2 is 1.88 bits per heavy atom. The molecule has 5 nitrogen and oxygen atoms in total. The van der Waals surface area contributed by atoms with E-state index in [1.54, 1.807) is 25.1 Å². The van der Waals surface area contributed by atoms with E-state index in [2.05, 4.69) is 16.2 Å². The van der Waals surface area contributed by atoms with E-state index >= 15 is 0 Å². The Hall–Kier alpha value is -2.02. The molecule has 0 saturated carbocycles. The maximum atomic E-state index is 12.0. The molecule has 3 N–H and O–H groups in total. The number of hydrogen-bond donors (Lipinski definition) is 3. The van der Waals surface area contributed by atoms with Gasteiger partial charge >= 0.3 is 0 Å². The van der Waals surface area contributed by atoms with Crippen LogP contribution in [0.5, 0.6) is 5.75 Å². The Morgan fingerprint density at radius 3 is 2.56 bits per heavy atom. The van der Waals surface area contributed by atoms with E-state index in [0.717, 1.165) is 5.56 Å². The van der Waals surface area contributed by atoms with Gasteiger partial charge in [-0.05, 0) is 42.9 Å². The van der Waals surface area contributed by atoms with E-state index < -0.39 is 12.0 Å². The monoisotopic (exact) mass is 397 g/mol. The fraction of sp³-hybridized carbons (Fsp3) is 0.176. The molecule has 2 rings (SSSR count). The van der Waals surface area contributed by atoms with Gasteiger partial charge in [-0.2, -0.15) is 0 Å². The minimum absolute atomic E-state index is 0.300. The summed E-state index contributed by atoms with van der Waals surface area (Å²) < 4.78 is 5.52. The number of hydrazine groups is 1. The van der Waals surface area contributed by atoms with Crippen molar-refractivity contribution in [1.82, 2.24) is 16.2 Å². The molecule has 0 aliphatic heterocycles. The molecule has 0 aliphatic rings. The number of thiocarbonyl (C=S) groups is 1. The maximum absolute atomic E-state index is 12.0. The first-order valence-corrected chi connectivity index (χ1v) is 8.61. The van der Waals surface area contributed by atoms with Gasteiger partial charge in [0.15, 0.2) is 11.2 Å². The Bertz CT molecular complexity index is 744. The second kappa shape index (κ2) is 9.46. The van der Waals surface area contributed by atoms with Crippen molar-refractivity contribution < 1.29 is 9.53 Å². The molecule has 0 fully saturated rings. The third-order valence-corrected chi connectivity index (χ3v) is 3.94. The fourth-order valence-corrected chi connectivity index (χ4v) is 2.43. The molecule has 2 aromatic rings. The number of ether oxygens (including phenoxy) is 1. The minimum atomic E-state index is -0.775. The number of halogens is 2. The second-order valence-electron chi connectivity index (χ2n) is 5.12. The molecule has 1 amide bonds. The van der Waals surface area contributed by atoms with E-state index in [-0.39, 0.29) is 0 Å². The first-order valence-electron chi connectivity index (χ1n) is 7.45. The third kappa shape index (κ3) is 6.42. The highest BCUT2D eigenvalue weighted by Gasteiger charge is 2.16. The number of rotatable bonds is 5. The molecule has 0 heterocycles. The lowest BCUT2D eigenvalue weighted by Crippen LogP contribution is -2.50. The van der Waals surface area contributed by atoms with Gasteiger partial charge in [0.05, 0.1) is 5.02 Å². The van der Waals surface area contributed by atoms with Crippen LogP contribution in [0.25, 0.3) is 0 Å². The van der Waals surface area contributed by atoms with Crippen molar-refractivity contribution in [3.63, 3.8) is 0 Å². The van der Waals surface area contributed by atoms with Crippen LogP contribution in [0.3, 0.4) is 0 Å². The van der Waals surface area contributed by atoms with Crippen molar-refractivity contribution in [2.24, 2.45) is 0 Å². The molecule has 132 valence electrons. The molecule has 0 aromatic heterocycles. The minimum Gasteiger partial charge on any atom is -0.479 e. The summed E-state index contributed by atoms with van der Waals surface area (Å²) in [4.78, 5) is 12.0. The summed E-state index contributed by atoms with van der Waals surface area (Å²) in [5.74, 6) is -0.0200. The predicted molar refractivity (Wildman–Crippen MR) is 104 cm³/mol. The average molecular weight is 398 g/mol. The van der Waals surface area contributed by atoms with E-state index in [9.17, 15) is 4.79 Å². The summed E-state index contributed by atoms with van der Waals surface area (Å²) in [6, 6.07) is 14.5. The van der Waals surface area contributed by atoms with E-state index in [1.807, 2.05) is 30.3 Å². The number of nitrogens with one attached hydrogen (secondary N) is 3. The lowest BCUT2D eigenvalue weighted by atomic mass is 10.2. The largest absolute Gasteiger partial charge is 0.479 e. The van der Waals surface area contributed by atoms with Gasteiger partial charge < -0.3 is 10.1 Å². The zero-order chi connectivity index (χ0) is 18.2. The molecular formula is C17H17Cl2N3O2S. The summed E-state index contributed by atoms with van der Waals surface area (Å²) in [6.07, 6.45) is -0.775. The summed E-state index contributed by atoms with van der Waals surface area (Å²) in [5.41, 5.74) is 6.19. The average Bonchev–Trinajstić information content (AvgIpc) is 2.61. The molecule has 0 bridgehead atoms. The molecule has 0 radical (unpaired) electrons. The van der Waals surface area contributed by atoms with Crippen LogP contribution < -0.4 is 20.9 Å². The van der Waals surface area contributed by atoms with Crippen molar-refractivity contribution in [2.75, 3.05) is 0 Å². The Morgan fingerprint density at radius 1 is 1.16 bits per heavy atom. The van der Waals surface area contributed by atoms with E-state index in [1.165, 1.54) is 0 Å².